The first-order valence-corrected chi connectivity index (χ1v) is 13.9. The molecule has 0 aliphatic carbocycles. The van der Waals surface area contributed by atoms with Crippen molar-refractivity contribution in [3.05, 3.63) is 101 Å². The molecule has 0 N–H and O–H groups in total. The summed E-state index contributed by atoms with van der Waals surface area (Å²) < 4.78 is 5.40. The summed E-state index contributed by atoms with van der Waals surface area (Å²) in [4.78, 5) is 5.31. The first kappa shape index (κ1) is 25.0. The highest BCUT2D eigenvalue weighted by Gasteiger charge is 2.21. The van der Waals surface area contributed by atoms with Gasteiger partial charge in [-0.3, -0.25) is 9.80 Å². The van der Waals surface area contributed by atoms with Crippen LogP contribution in [0.15, 0.2) is 78.9 Å². The van der Waals surface area contributed by atoms with Gasteiger partial charge in [-0.15, -0.1) is 0 Å². The molecule has 36 heavy (non-hydrogen) atoms. The average Bonchev–Trinajstić information content (AvgIpc) is 2.92. The van der Waals surface area contributed by atoms with Crippen molar-refractivity contribution in [1.82, 2.24) is 9.80 Å². The zero-order valence-corrected chi connectivity index (χ0v) is 21.9. The molecule has 0 unspecified atom stereocenters. The lowest BCUT2D eigenvalue weighted by Crippen LogP contribution is -2.34. The summed E-state index contributed by atoms with van der Waals surface area (Å²) in [7, 11) is 1.75. The number of ether oxygens (including phenoxy) is 1. The van der Waals surface area contributed by atoms with Crippen molar-refractivity contribution >= 4 is 0 Å². The normalized spacial score (nSPS) is 18.4. The van der Waals surface area contributed by atoms with Gasteiger partial charge in [0, 0.05) is 13.1 Å². The van der Waals surface area contributed by atoms with Crippen molar-refractivity contribution < 1.29 is 4.74 Å². The zero-order chi connectivity index (χ0) is 24.6. The van der Waals surface area contributed by atoms with Crippen LogP contribution in [0.2, 0.25) is 0 Å². The summed E-state index contributed by atoms with van der Waals surface area (Å²) >= 11 is 0. The summed E-state index contributed by atoms with van der Waals surface area (Å²) in [5.74, 6) is 2.59. The molecule has 2 aliphatic heterocycles. The van der Waals surface area contributed by atoms with E-state index in [0.717, 1.165) is 30.7 Å². The topological polar surface area (TPSA) is 15.7 Å². The molecule has 2 aliphatic rings. The Morgan fingerprint density at radius 1 is 0.583 bits per heavy atom. The number of rotatable bonds is 9. The fourth-order valence-corrected chi connectivity index (χ4v) is 6.12. The SMILES string of the molecule is COc1cccc(CC2CCN(Cc3cccc(CN4CCC(Cc5ccccc5)CC4)c3)CC2)c1. The van der Waals surface area contributed by atoms with Gasteiger partial charge < -0.3 is 4.74 Å². The summed E-state index contributed by atoms with van der Waals surface area (Å²) in [6.07, 6.45) is 7.62. The van der Waals surface area contributed by atoms with Crippen LogP contribution in [0.3, 0.4) is 0 Å². The van der Waals surface area contributed by atoms with Gasteiger partial charge in [-0.25, -0.2) is 0 Å². The van der Waals surface area contributed by atoms with E-state index >= 15 is 0 Å². The molecule has 0 atom stereocenters. The number of methoxy groups -OCH3 is 1. The van der Waals surface area contributed by atoms with Crippen LogP contribution >= 0.6 is 0 Å². The van der Waals surface area contributed by atoms with Gasteiger partial charge in [-0.05, 0) is 111 Å². The maximum absolute atomic E-state index is 5.40. The van der Waals surface area contributed by atoms with Gasteiger partial charge in [0.1, 0.15) is 5.75 Å². The second kappa shape index (κ2) is 12.6. The first-order valence-electron chi connectivity index (χ1n) is 13.9. The van der Waals surface area contributed by atoms with Gasteiger partial charge in [0.25, 0.3) is 0 Å². The minimum absolute atomic E-state index is 0.782. The number of nitrogens with zero attached hydrogens (tertiary/aromatic N) is 2. The van der Waals surface area contributed by atoms with Crippen molar-refractivity contribution in [3.63, 3.8) is 0 Å². The van der Waals surface area contributed by atoms with E-state index in [9.17, 15) is 0 Å². The highest BCUT2D eigenvalue weighted by Crippen LogP contribution is 2.26. The summed E-state index contributed by atoms with van der Waals surface area (Å²) in [6.45, 7) is 7.03. The van der Waals surface area contributed by atoms with E-state index in [1.807, 2.05) is 6.07 Å². The highest BCUT2D eigenvalue weighted by atomic mass is 16.5. The molecule has 0 saturated carbocycles. The number of benzene rings is 3. The van der Waals surface area contributed by atoms with Crippen molar-refractivity contribution in [2.24, 2.45) is 11.8 Å². The minimum atomic E-state index is 0.782. The lowest BCUT2D eigenvalue weighted by molar-refractivity contribution is 0.174. The standard InChI is InChI=1S/C33H42N2O/c1-36-33-12-6-9-30(24-33)22-29-15-19-35(20-16-29)26-32-11-5-10-31(23-32)25-34-17-13-28(14-18-34)21-27-7-3-2-4-8-27/h2-12,23-24,28-29H,13-22,25-26H2,1H3. The van der Waals surface area contributed by atoms with E-state index in [4.69, 9.17) is 4.74 Å². The van der Waals surface area contributed by atoms with Crippen LogP contribution in [0.1, 0.15) is 47.9 Å². The Labute approximate surface area is 218 Å². The van der Waals surface area contributed by atoms with Crippen molar-refractivity contribution in [2.45, 2.75) is 51.6 Å². The van der Waals surface area contributed by atoms with Crippen LogP contribution in [0.4, 0.5) is 0 Å². The third-order valence-electron chi connectivity index (χ3n) is 8.24. The van der Waals surface area contributed by atoms with Crippen LogP contribution in [-0.2, 0) is 25.9 Å². The fraction of sp³-hybridized carbons (Fsp3) is 0.455. The van der Waals surface area contributed by atoms with Crippen LogP contribution in [0, 0.1) is 11.8 Å². The van der Waals surface area contributed by atoms with E-state index in [-0.39, 0.29) is 0 Å². The lowest BCUT2D eigenvalue weighted by Gasteiger charge is -2.33. The Bertz CT molecular complexity index is 1070. The van der Waals surface area contributed by atoms with Gasteiger partial charge in [-0.2, -0.15) is 0 Å². The van der Waals surface area contributed by atoms with Crippen molar-refractivity contribution in [3.8, 4) is 5.75 Å². The Hall–Kier alpha value is -2.62. The molecule has 3 aromatic carbocycles. The number of piperidine rings is 2. The molecule has 0 spiro atoms. The third-order valence-corrected chi connectivity index (χ3v) is 8.24. The molecular weight excluding hydrogens is 440 g/mol. The third kappa shape index (κ3) is 7.21. The summed E-state index contributed by atoms with van der Waals surface area (Å²) in [5, 5.41) is 0. The van der Waals surface area contributed by atoms with Crippen LogP contribution < -0.4 is 4.74 Å². The van der Waals surface area contributed by atoms with E-state index in [0.29, 0.717) is 0 Å². The average molecular weight is 483 g/mol. The molecule has 3 nitrogen and oxygen atoms in total. The molecule has 0 aromatic heterocycles. The fourth-order valence-electron chi connectivity index (χ4n) is 6.12. The highest BCUT2D eigenvalue weighted by molar-refractivity contribution is 5.29. The van der Waals surface area contributed by atoms with Crippen LogP contribution in [0.25, 0.3) is 0 Å². The maximum atomic E-state index is 5.40. The molecule has 0 radical (unpaired) electrons. The number of hydrogen-bond donors (Lipinski definition) is 0. The Balaban J connectivity index is 1.05. The van der Waals surface area contributed by atoms with Crippen molar-refractivity contribution in [2.75, 3.05) is 33.3 Å². The number of likely N-dealkylation sites (tertiary alicyclic amines) is 2. The molecule has 0 bridgehead atoms. The summed E-state index contributed by atoms with van der Waals surface area (Å²) in [6, 6.07) is 29.0. The van der Waals surface area contributed by atoms with Gasteiger partial charge in [0.2, 0.25) is 0 Å². The molecule has 3 heteroatoms. The molecule has 190 valence electrons. The maximum Gasteiger partial charge on any atom is 0.119 e. The predicted octanol–water partition coefficient (Wildman–Crippen LogP) is 6.60. The van der Waals surface area contributed by atoms with E-state index in [2.05, 4.69) is 82.6 Å². The molecule has 2 fully saturated rings. The molecule has 0 amide bonds. The molecule has 2 heterocycles. The van der Waals surface area contributed by atoms with Crippen LogP contribution in [0.5, 0.6) is 5.75 Å². The quantitative estimate of drug-likeness (QED) is 0.341. The molecule has 5 rings (SSSR count). The molecule has 2 saturated heterocycles. The Kier molecular flexibility index (Phi) is 8.74. The van der Waals surface area contributed by atoms with Gasteiger partial charge in [0.15, 0.2) is 0 Å². The van der Waals surface area contributed by atoms with E-state index in [1.165, 1.54) is 87.0 Å². The predicted molar refractivity (Wildman–Crippen MR) is 149 cm³/mol. The monoisotopic (exact) mass is 482 g/mol. The Morgan fingerprint density at radius 2 is 1.08 bits per heavy atom. The van der Waals surface area contributed by atoms with Crippen molar-refractivity contribution in [1.29, 1.82) is 0 Å². The number of hydrogen-bond acceptors (Lipinski definition) is 3. The van der Waals surface area contributed by atoms with Gasteiger partial charge in [-0.1, -0.05) is 66.7 Å². The van der Waals surface area contributed by atoms with E-state index < -0.39 is 0 Å². The summed E-state index contributed by atoms with van der Waals surface area (Å²) in [5.41, 5.74) is 5.84. The Morgan fingerprint density at radius 3 is 1.67 bits per heavy atom. The minimum Gasteiger partial charge on any atom is -0.497 e. The lowest BCUT2D eigenvalue weighted by atomic mass is 9.90. The molecule has 3 aromatic rings. The second-order valence-electron chi connectivity index (χ2n) is 11.0. The second-order valence-corrected chi connectivity index (χ2v) is 11.0. The molecular formula is C33H42N2O. The zero-order valence-electron chi connectivity index (χ0n) is 21.9. The largest absolute Gasteiger partial charge is 0.497 e. The first-order chi connectivity index (χ1) is 17.7. The van der Waals surface area contributed by atoms with Gasteiger partial charge >= 0.3 is 0 Å². The van der Waals surface area contributed by atoms with Crippen LogP contribution in [-0.4, -0.2) is 43.1 Å². The van der Waals surface area contributed by atoms with Gasteiger partial charge in [0.05, 0.1) is 7.11 Å². The smallest absolute Gasteiger partial charge is 0.119 e. The van der Waals surface area contributed by atoms with E-state index in [1.54, 1.807) is 7.11 Å².